The van der Waals surface area contributed by atoms with Gasteiger partial charge in [0.2, 0.25) is 0 Å². The van der Waals surface area contributed by atoms with Crippen LogP contribution in [-0.2, 0) is 6.54 Å². The molecule has 2 aromatic rings. The Kier molecular flexibility index (Phi) is 3.72. The number of hydrogen-bond acceptors (Lipinski definition) is 3. The molecule has 0 unspecified atom stereocenters. The first-order valence-electron chi connectivity index (χ1n) is 5.61. The topological polar surface area (TPSA) is 33.5 Å². The van der Waals surface area contributed by atoms with Gasteiger partial charge in [-0.1, -0.05) is 11.6 Å². The van der Waals surface area contributed by atoms with Gasteiger partial charge in [0.25, 0.3) is 0 Å². The molecule has 4 heteroatoms. The van der Waals surface area contributed by atoms with Gasteiger partial charge in [0.05, 0.1) is 6.54 Å². The summed E-state index contributed by atoms with van der Waals surface area (Å²) in [6, 6.07) is 9.12. The van der Waals surface area contributed by atoms with Crippen LogP contribution in [0.15, 0.2) is 34.7 Å². The molecule has 0 aliphatic carbocycles. The lowest BCUT2D eigenvalue weighted by molar-refractivity contribution is 0.112. The van der Waals surface area contributed by atoms with E-state index in [0.29, 0.717) is 17.1 Å². The fourth-order valence-electron chi connectivity index (χ4n) is 1.86. The van der Waals surface area contributed by atoms with E-state index in [4.69, 9.17) is 16.0 Å². The Labute approximate surface area is 111 Å². The van der Waals surface area contributed by atoms with Crippen LogP contribution < -0.4 is 4.90 Å². The number of carbonyl (C=O) groups excluding carboxylic acids is 1. The highest BCUT2D eigenvalue weighted by Gasteiger charge is 2.10. The molecule has 0 fully saturated rings. The van der Waals surface area contributed by atoms with Gasteiger partial charge in [-0.3, -0.25) is 4.79 Å². The van der Waals surface area contributed by atoms with Crippen molar-refractivity contribution in [3.8, 4) is 0 Å². The number of anilines is 1. The average Bonchev–Trinajstić information content (AvgIpc) is 2.74. The standard InChI is InChI=1S/C14H14ClNO2/c1-10-3-5-13(18-10)8-16(2)14-6-4-12(15)7-11(14)9-17/h3-7,9H,8H2,1-2H3. The fourth-order valence-corrected chi connectivity index (χ4v) is 2.04. The van der Waals surface area contributed by atoms with E-state index in [0.717, 1.165) is 23.5 Å². The van der Waals surface area contributed by atoms with Gasteiger partial charge in [0, 0.05) is 23.3 Å². The van der Waals surface area contributed by atoms with Crippen molar-refractivity contribution in [2.24, 2.45) is 0 Å². The second kappa shape index (κ2) is 5.27. The van der Waals surface area contributed by atoms with Gasteiger partial charge in [-0.25, -0.2) is 0 Å². The molecule has 0 bridgehead atoms. The molecular formula is C14H14ClNO2. The van der Waals surface area contributed by atoms with Crippen molar-refractivity contribution in [1.29, 1.82) is 0 Å². The predicted molar refractivity (Wildman–Crippen MR) is 72.4 cm³/mol. The van der Waals surface area contributed by atoms with Crippen LogP contribution in [0.4, 0.5) is 5.69 Å². The molecule has 0 amide bonds. The number of nitrogens with zero attached hydrogens (tertiary/aromatic N) is 1. The van der Waals surface area contributed by atoms with Crippen LogP contribution >= 0.6 is 11.6 Å². The van der Waals surface area contributed by atoms with Crippen molar-refractivity contribution in [1.82, 2.24) is 0 Å². The van der Waals surface area contributed by atoms with Crippen LogP contribution in [0.1, 0.15) is 21.9 Å². The Morgan fingerprint density at radius 2 is 2.11 bits per heavy atom. The Morgan fingerprint density at radius 3 is 2.72 bits per heavy atom. The number of aryl methyl sites for hydroxylation is 1. The van der Waals surface area contributed by atoms with Gasteiger partial charge in [0.1, 0.15) is 11.5 Å². The number of furan rings is 1. The quantitative estimate of drug-likeness (QED) is 0.789. The zero-order valence-electron chi connectivity index (χ0n) is 10.3. The predicted octanol–water partition coefficient (Wildman–Crippen LogP) is 3.69. The van der Waals surface area contributed by atoms with Crippen LogP contribution in [0, 0.1) is 6.92 Å². The van der Waals surface area contributed by atoms with Crippen LogP contribution in [-0.4, -0.2) is 13.3 Å². The van der Waals surface area contributed by atoms with Crippen molar-refractivity contribution in [2.45, 2.75) is 13.5 Å². The van der Waals surface area contributed by atoms with E-state index >= 15 is 0 Å². The minimum absolute atomic E-state index is 0.558. The zero-order valence-corrected chi connectivity index (χ0v) is 11.1. The summed E-state index contributed by atoms with van der Waals surface area (Å²) in [6.45, 7) is 2.51. The summed E-state index contributed by atoms with van der Waals surface area (Å²) in [4.78, 5) is 13.0. The smallest absolute Gasteiger partial charge is 0.152 e. The molecular weight excluding hydrogens is 250 g/mol. The Hall–Kier alpha value is -1.74. The van der Waals surface area contributed by atoms with Crippen molar-refractivity contribution < 1.29 is 9.21 Å². The minimum Gasteiger partial charge on any atom is -0.464 e. The minimum atomic E-state index is 0.558. The lowest BCUT2D eigenvalue weighted by Crippen LogP contribution is -2.17. The van der Waals surface area contributed by atoms with E-state index in [2.05, 4.69) is 0 Å². The molecule has 3 nitrogen and oxygen atoms in total. The van der Waals surface area contributed by atoms with Gasteiger partial charge >= 0.3 is 0 Å². The van der Waals surface area contributed by atoms with E-state index in [-0.39, 0.29) is 0 Å². The lowest BCUT2D eigenvalue weighted by Gasteiger charge is -2.19. The van der Waals surface area contributed by atoms with Crippen molar-refractivity contribution in [2.75, 3.05) is 11.9 Å². The van der Waals surface area contributed by atoms with Crippen molar-refractivity contribution in [3.63, 3.8) is 0 Å². The Bertz CT molecular complexity index is 563. The maximum absolute atomic E-state index is 11.0. The summed E-state index contributed by atoms with van der Waals surface area (Å²) in [5.74, 6) is 1.74. The van der Waals surface area contributed by atoms with Crippen LogP contribution in [0.3, 0.4) is 0 Å². The van der Waals surface area contributed by atoms with Crippen LogP contribution in [0.2, 0.25) is 5.02 Å². The van der Waals surface area contributed by atoms with Crippen molar-refractivity contribution in [3.05, 3.63) is 52.4 Å². The molecule has 0 N–H and O–H groups in total. The maximum atomic E-state index is 11.0. The first-order valence-corrected chi connectivity index (χ1v) is 5.99. The van der Waals surface area contributed by atoms with E-state index in [9.17, 15) is 4.79 Å². The van der Waals surface area contributed by atoms with E-state index in [1.165, 1.54) is 0 Å². The number of benzene rings is 1. The molecule has 94 valence electrons. The third-order valence-corrected chi connectivity index (χ3v) is 2.95. The normalized spacial score (nSPS) is 10.4. The molecule has 0 aliphatic heterocycles. The van der Waals surface area contributed by atoms with E-state index < -0.39 is 0 Å². The molecule has 2 rings (SSSR count). The van der Waals surface area contributed by atoms with Crippen molar-refractivity contribution >= 4 is 23.6 Å². The first-order chi connectivity index (χ1) is 8.60. The molecule has 0 saturated heterocycles. The van der Waals surface area contributed by atoms with E-state index in [1.54, 1.807) is 12.1 Å². The average molecular weight is 264 g/mol. The maximum Gasteiger partial charge on any atom is 0.152 e. The number of rotatable bonds is 4. The monoisotopic (exact) mass is 263 g/mol. The fraction of sp³-hybridized carbons (Fsp3) is 0.214. The largest absolute Gasteiger partial charge is 0.464 e. The number of aldehydes is 1. The van der Waals surface area contributed by atoms with Gasteiger partial charge < -0.3 is 9.32 Å². The second-order valence-corrected chi connectivity index (χ2v) is 4.63. The van der Waals surface area contributed by atoms with Crippen LogP contribution in [0.25, 0.3) is 0 Å². The van der Waals surface area contributed by atoms with Gasteiger partial charge in [-0.05, 0) is 37.3 Å². The molecule has 1 aromatic carbocycles. The highest BCUT2D eigenvalue weighted by atomic mass is 35.5. The second-order valence-electron chi connectivity index (χ2n) is 4.19. The summed E-state index contributed by atoms with van der Waals surface area (Å²) in [5.41, 5.74) is 1.41. The highest BCUT2D eigenvalue weighted by Crippen LogP contribution is 2.23. The summed E-state index contributed by atoms with van der Waals surface area (Å²) in [7, 11) is 1.91. The summed E-state index contributed by atoms with van der Waals surface area (Å²) >= 11 is 5.87. The van der Waals surface area contributed by atoms with Gasteiger partial charge in [-0.2, -0.15) is 0 Å². The molecule has 1 aromatic heterocycles. The highest BCUT2D eigenvalue weighted by molar-refractivity contribution is 6.31. The summed E-state index contributed by atoms with van der Waals surface area (Å²) in [5, 5.41) is 0.558. The molecule has 0 radical (unpaired) electrons. The Balaban J connectivity index is 2.23. The number of halogens is 1. The van der Waals surface area contributed by atoms with Gasteiger partial charge in [-0.15, -0.1) is 0 Å². The Morgan fingerprint density at radius 1 is 1.33 bits per heavy atom. The molecule has 0 spiro atoms. The third kappa shape index (κ3) is 2.74. The SMILES string of the molecule is Cc1ccc(CN(C)c2ccc(Cl)cc2C=O)o1. The first kappa shape index (κ1) is 12.7. The molecule has 0 aliphatic rings. The zero-order chi connectivity index (χ0) is 13.1. The molecule has 18 heavy (non-hydrogen) atoms. The molecule has 1 heterocycles. The third-order valence-electron chi connectivity index (χ3n) is 2.72. The summed E-state index contributed by atoms with van der Waals surface area (Å²) < 4.78 is 5.52. The number of hydrogen-bond donors (Lipinski definition) is 0. The molecule has 0 saturated carbocycles. The molecule has 0 atom stereocenters. The summed E-state index contributed by atoms with van der Waals surface area (Å²) in [6.07, 6.45) is 0.811. The van der Waals surface area contributed by atoms with Gasteiger partial charge in [0.15, 0.2) is 6.29 Å². The van der Waals surface area contributed by atoms with E-state index in [1.807, 2.05) is 37.1 Å². The van der Waals surface area contributed by atoms with Crippen LogP contribution in [0.5, 0.6) is 0 Å². The lowest BCUT2D eigenvalue weighted by atomic mass is 10.2. The number of carbonyl (C=O) groups is 1.